The van der Waals surface area contributed by atoms with Crippen LogP contribution in [0.1, 0.15) is 33.5 Å². The van der Waals surface area contributed by atoms with E-state index in [1.54, 1.807) is 0 Å². The first kappa shape index (κ1) is 15.0. The third-order valence-corrected chi connectivity index (χ3v) is 4.69. The van der Waals surface area contributed by atoms with Crippen molar-refractivity contribution in [2.24, 2.45) is 0 Å². The molecular weight excluding hydrogens is 206 g/mol. The molecule has 0 aliphatic heterocycles. The molecular formula is C7H25B10N. The lowest BCUT2D eigenvalue weighted by atomic mass is 8.91. The maximum Gasteiger partial charge on any atom is 0.142 e. The lowest BCUT2D eigenvalue weighted by Gasteiger charge is -2.39. The predicted octanol–water partition coefficient (Wildman–Crippen LogP) is -4.20. The zero-order valence-electron chi connectivity index (χ0n) is 14.5. The van der Waals surface area contributed by atoms with Crippen LogP contribution in [0, 0.1) is 0 Å². The van der Waals surface area contributed by atoms with E-state index in [2.05, 4.69) is 50.1 Å². The van der Waals surface area contributed by atoms with Crippen LogP contribution in [0.3, 0.4) is 0 Å². The summed E-state index contributed by atoms with van der Waals surface area (Å²) in [6.07, 6.45) is 6.76. The number of hydrogen-bond acceptors (Lipinski definition) is 1. The molecule has 18 heavy (non-hydrogen) atoms. The van der Waals surface area contributed by atoms with Gasteiger partial charge in [0.05, 0.1) is 45.1 Å². The first-order valence-corrected chi connectivity index (χ1v) is 8.04. The summed E-state index contributed by atoms with van der Waals surface area (Å²) in [4.78, 5) is 0. The van der Waals surface area contributed by atoms with Gasteiger partial charge in [0.25, 0.3) is 0 Å². The third-order valence-electron chi connectivity index (χ3n) is 4.69. The second-order valence-corrected chi connectivity index (χ2v) is 6.89. The highest BCUT2D eigenvalue weighted by atomic mass is 14.9. The molecule has 0 unspecified atom stereocenters. The Balaban J connectivity index is 2.68. The fourth-order valence-corrected chi connectivity index (χ4v) is 3.50. The topological polar surface area (TPSA) is 3.24 Å². The van der Waals surface area contributed by atoms with Gasteiger partial charge in [0.15, 0.2) is 0 Å². The standard InChI is InChI=1S/C7H25B10N/c1-14(15(8)9)18(16(10)11)17(12)13-7-5-3-2-4-6-7/h7,13H,2-6,8-12H2,1H3/i7D. The van der Waals surface area contributed by atoms with Gasteiger partial charge in [-0.1, -0.05) is 44.7 Å². The molecule has 0 N–H and O–H groups in total. The molecule has 0 atom stereocenters. The quantitative estimate of drug-likeness (QED) is 0.420. The Morgan fingerprint density at radius 1 is 1.11 bits per heavy atom. The van der Waals surface area contributed by atoms with Gasteiger partial charge in [-0.25, -0.2) is 0 Å². The van der Waals surface area contributed by atoms with E-state index < -0.39 is 0 Å². The van der Waals surface area contributed by atoms with E-state index in [9.17, 15) is 0 Å². The zero-order valence-corrected chi connectivity index (χ0v) is 13.5. The first-order valence-electron chi connectivity index (χ1n) is 8.54. The largest absolute Gasteiger partial charge is 0.458 e. The minimum atomic E-state index is -0.151. The van der Waals surface area contributed by atoms with E-state index in [1.807, 2.05) is 0 Å². The molecule has 1 aliphatic rings. The van der Waals surface area contributed by atoms with Gasteiger partial charge in [-0.15, -0.1) is 0 Å². The predicted molar refractivity (Wildman–Crippen MR) is 107 cm³/mol. The Hall–Kier alpha value is 0.609. The van der Waals surface area contributed by atoms with Crippen molar-refractivity contribution >= 4 is 72.2 Å². The molecule has 11 heteroatoms. The van der Waals surface area contributed by atoms with Crippen LogP contribution in [0.5, 0.6) is 0 Å². The van der Waals surface area contributed by atoms with Crippen LogP contribution in [-0.4, -0.2) is 76.9 Å². The van der Waals surface area contributed by atoms with E-state index in [0.717, 1.165) is 20.0 Å². The Kier molecular flexibility index (Phi) is 6.69. The van der Waals surface area contributed by atoms with Gasteiger partial charge in [-0.3, -0.25) is 0 Å². The highest BCUT2D eigenvalue weighted by molar-refractivity contribution is 7.61. The Labute approximate surface area is 123 Å². The molecule has 0 bridgehead atoms. The van der Waals surface area contributed by atoms with Crippen LogP contribution in [0.15, 0.2) is 0 Å². The maximum atomic E-state index is 8.71. The summed E-state index contributed by atoms with van der Waals surface area (Å²) >= 11 is 0. The first-order chi connectivity index (χ1) is 8.77. The summed E-state index contributed by atoms with van der Waals surface area (Å²) in [6.45, 7) is 4.04. The Morgan fingerprint density at radius 2 is 1.67 bits per heavy atom. The monoisotopic (exact) mass is 234 g/mol. The molecule has 0 aromatic rings. The molecule has 1 aliphatic carbocycles. The van der Waals surface area contributed by atoms with Crippen molar-refractivity contribution in [3.05, 3.63) is 0 Å². The van der Waals surface area contributed by atoms with Crippen LogP contribution in [0.4, 0.5) is 0 Å². The van der Waals surface area contributed by atoms with Crippen molar-refractivity contribution < 1.29 is 1.37 Å². The fourth-order valence-electron chi connectivity index (χ4n) is 3.50. The van der Waals surface area contributed by atoms with E-state index in [-0.39, 0.29) is 5.79 Å². The molecule has 1 fully saturated rings. The smallest absolute Gasteiger partial charge is 0.142 e. The Bertz CT molecular complexity index is 273. The van der Waals surface area contributed by atoms with E-state index in [4.69, 9.17) is 1.37 Å². The molecule has 1 rings (SSSR count). The SMILES string of the molecule is [2H]C1(BB(B)N(B(B)B)B(C)B(B)B)CCCCC1. The second-order valence-electron chi connectivity index (χ2n) is 6.89. The highest BCUT2D eigenvalue weighted by Gasteiger charge is 2.32. The zero-order chi connectivity index (χ0) is 14.6. The van der Waals surface area contributed by atoms with E-state index in [0.29, 0.717) is 26.4 Å². The fraction of sp³-hybridized carbons (Fsp3) is 1.00. The highest BCUT2D eigenvalue weighted by Crippen LogP contribution is 2.28. The van der Waals surface area contributed by atoms with E-state index >= 15 is 0 Å². The lowest BCUT2D eigenvalue weighted by molar-refractivity contribution is 0.502. The van der Waals surface area contributed by atoms with Gasteiger partial charge in [0, 0.05) is 1.37 Å². The van der Waals surface area contributed by atoms with Gasteiger partial charge in [0.2, 0.25) is 0 Å². The molecule has 1 nitrogen and oxygen atoms in total. The summed E-state index contributed by atoms with van der Waals surface area (Å²) < 4.78 is 11.3. The molecule has 0 spiro atoms. The van der Waals surface area contributed by atoms with Gasteiger partial charge in [-0.2, -0.15) is 0 Å². The second kappa shape index (κ2) is 8.02. The van der Waals surface area contributed by atoms with Crippen LogP contribution in [0.2, 0.25) is 12.6 Å². The van der Waals surface area contributed by atoms with Crippen molar-refractivity contribution in [3.8, 4) is 0 Å². The average molecular weight is 232 g/mol. The minimum Gasteiger partial charge on any atom is -0.458 e. The summed E-state index contributed by atoms with van der Waals surface area (Å²) in [5.41, 5.74) is 0. The Morgan fingerprint density at radius 3 is 2.11 bits per heavy atom. The van der Waals surface area contributed by atoms with Crippen LogP contribution >= 0.6 is 0 Å². The summed E-state index contributed by atoms with van der Waals surface area (Å²) in [6, 6.07) is 0. The molecule has 1 saturated carbocycles. The molecule has 0 saturated heterocycles. The van der Waals surface area contributed by atoms with Gasteiger partial charge in [0.1, 0.15) is 27.2 Å². The lowest BCUT2D eigenvalue weighted by Crippen LogP contribution is -2.65. The van der Waals surface area contributed by atoms with Crippen LogP contribution < -0.4 is 0 Å². The molecule has 0 aromatic carbocycles. The maximum absolute atomic E-state index is 8.71. The summed E-state index contributed by atoms with van der Waals surface area (Å²) in [7, 11) is 12.6. The third kappa shape index (κ3) is 4.94. The molecule has 0 radical (unpaired) electrons. The van der Waals surface area contributed by atoms with Crippen molar-refractivity contribution in [2.75, 3.05) is 0 Å². The molecule has 0 aromatic heterocycles. The van der Waals surface area contributed by atoms with Gasteiger partial charge in [-0.05, 0) is 0 Å². The van der Waals surface area contributed by atoms with Crippen molar-refractivity contribution in [1.82, 2.24) is 4.63 Å². The van der Waals surface area contributed by atoms with Gasteiger partial charge < -0.3 is 4.63 Å². The van der Waals surface area contributed by atoms with Crippen molar-refractivity contribution in [2.45, 2.75) is 44.7 Å². The van der Waals surface area contributed by atoms with Crippen molar-refractivity contribution in [3.63, 3.8) is 0 Å². The minimum absolute atomic E-state index is 0.151. The summed E-state index contributed by atoms with van der Waals surface area (Å²) in [5.74, 6) is -0.151. The number of hydrogen-bond donors (Lipinski definition) is 0. The van der Waals surface area contributed by atoms with E-state index in [1.165, 1.54) is 19.3 Å². The van der Waals surface area contributed by atoms with Crippen LogP contribution in [-0.2, 0) is 0 Å². The van der Waals surface area contributed by atoms with Crippen LogP contribution in [0.25, 0.3) is 0 Å². The molecule has 0 amide bonds. The summed E-state index contributed by atoms with van der Waals surface area (Å²) in [5, 5.41) is 0. The number of rotatable bonds is 6. The normalized spacial score (nSPS) is 18.9. The van der Waals surface area contributed by atoms with Crippen molar-refractivity contribution in [1.29, 1.82) is 0 Å². The number of nitrogens with zero attached hydrogens (tertiary/aromatic N) is 1. The molecule has 0 heterocycles. The molecule has 88 valence electrons. The van der Waals surface area contributed by atoms with Gasteiger partial charge >= 0.3 is 0 Å². The average Bonchev–Trinajstić information content (AvgIpc) is 2.28.